The zero-order valence-corrected chi connectivity index (χ0v) is 16.4. The van der Waals surface area contributed by atoms with E-state index in [2.05, 4.69) is 11.8 Å². The Morgan fingerprint density at radius 1 is 1.44 bits per heavy atom. The molecule has 1 unspecified atom stereocenters. The van der Waals surface area contributed by atoms with Gasteiger partial charge in [0.1, 0.15) is 5.82 Å². The lowest BCUT2D eigenvalue weighted by Crippen LogP contribution is -2.43. The van der Waals surface area contributed by atoms with Crippen molar-refractivity contribution in [2.75, 3.05) is 44.7 Å². The van der Waals surface area contributed by atoms with Gasteiger partial charge in [0.25, 0.3) is 0 Å². The van der Waals surface area contributed by atoms with Crippen molar-refractivity contribution in [3.8, 4) is 0 Å². The van der Waals surface area contributed by atoms with Crippen LogP contribution in [-0.4, -0.2) is 60.4 Å². The molecular formula is C20H31FN2OS. The molecule has 1 fully saturated rings. The summed E-state index contributed by atoms with van der Waals surface area (Å²) in [6.07, 6.45) is 5.95. The average molecular weight is 367 g/mol. The summed E-state index contributed by atoms with van der Waals surface area (Å²) in [5.74, 6) is 1.59. The summed E-state index contributed by atoms with van der Waals surface area (Å²) >= 11 is 1.73. The molecule has 3 nitrogen and oxygen atoms in total. The second-order valence-electron chi connectivity index (χ2n) is 6.86. The summed E-state index contributed by atoms with van der Waals surface area (Å²) < 4.78 is 13.3. The van der Waals surface area contributed by atoms with Gasteiger partial charge < -0.3 is 9.80 Å². The molecule has 0 saturated carbocycles. The molecule has 1 heterocycles. The maximum Gasteiger partial charge on any atom is 0.223 e. The molecule has 1 aromatic carbocycles. The summed E-state index contributed by atoms with van der Waals surface area (Å²) in [5, 5.41) is 0. The second kappa shape index (κ2) is 10.8. The first-order valence-electron chi connectivity index (χ1n) is 9.36. The third-order valence-corrected chi connectivity index (χ3v) is 5.55. The molecule has 25 heavy (non-hydrogen) atoms. The Bertz CT molecular complexity index is 540. The number of carbonyl (C=O) groups is 1. The van der Waals surface area contributed by atoms with Crippen molar-refractivity contribution in [2.45, 2.75) is 32.6 Å². The van der Waals surface area contributed by atoms with Gasteiger partial charge in [-0.15, -0.1) is 0 Å². The second-order valence-corrected chi connectivity index (χ2v) is 7.85. The fourth-order valence-electron chi connectivity index (χ4n) is 3.55. The van der Waals surface area contributed by atoms with E-state index in [9.17, 15) is 9.18 Å². The first-order valence-corrected chi connectivity index (χ1v) is 10.7. The van der Waals surface area contributed by atoms with Gasteiger partial charge in [-0.05, 0) is 62.6 Å². The van der Waals surface area contributed by atoms with E-state index in [1.54, 1.807) is 23.9 Å². The summed E-state index contributed by atoms with van der Waals surface area (Å²) in [7, 11) is 0. The Morgan fingerprint density at radius 3 is 3.00 bits per heavy atom. The smallest absolute Gasteiger partial charge is 0.223 e. The van der Waals surface area contributed by atoms with Gasteiger partial charge in [-0.25, -0.2) is 4.39 Å². The quantitative estimate of drug-likeness (QED) is 0.666. The number of amides is 1. The van der Waals surface area contributed by atoms with Crippen molar-refractivity contribution in [3.05, 3.63) is 35.6 Å². The third-order valence-electron chi connectivity index (χ3n) is 4.94. The van der Waals surface area contributed by atoms with E-state index in [0.717, 1.165) is 50.5 Å². The van der Waals surface area contributed by atoms with Crippen molar-refractivity contribution in [1.82, 2.24) is 9.80 Å². The number of rotatable bonds is 9. The number of thioether (sulfide) groups is 1. The Kier molecular flexibility index (Phi) is 8.76. The molecule has 1 saturated heterocycles. The molecule has 1 aromatic rings. The monoisotopic (exact) mass is 366 g/mol. The van der Waals surface area contributed by atoms with Crippen molar-refractivity contribution < 1.29 is 9.18 Å². The lowest BCUT2D eigenvalue weighted by Gasteiger charge is -2.35. The fourth-order valence-corrected chi connectivity index (χ4v) is 3.93. The molecule has 140 valence electrons. The molecule has 1 atom stereocenters. The Labute approximate surface area is 156 Å². The number of piperidine rings is 1. The van der Waals surface area contributed by atoms with Crippen LogP contribution in [0.15, 0.2) is 24.3 Å². The zero-order valence-electron chi connectivity index (χ0n) is 15.5. The number of nitrogens with zero attached hydrogens (tertiary/aromatic N) is 2. The van der Waals surface area contributed by atoms with Crippen LogP contribution in [0, 0.1) is 11.7 Å². The van der Waals surface area contributed by atoms with Crippen LogP contribution < -0.4 is 0 Å². The van der Waals surface area contributed by atoms with Crippen molar-refractivity contribution in [2.24, 2.45) is 5.92 Å². The van der Waals surface area contributed by atoms with Crippen LogP contribution in [0.2, 0.25) is 0 Å². The van der Waals surface area contributed by atoms with Crippen molar-refractivity contribution >= 4 is 17.7 Å². The minimum atomic E-state index is -0.156. The molecule has 5 heteroatoms. The van der Waals surface area contributed by atoms with E-state index in [4.69, 9.17) is 0 Å². The molecule has 0 spiro atoms. The molecule has 0 bridgehead atoms. The van der Waals surface area contributed by atoms with Gasteiger partial charge in [0.05, 0.1) is 0 Å². The highest BCUT2D eigenvalue weighted by Gasteiger charge is 2.23. The van der Waals surface area contributed by atoms with Crippen LogP contribution in [0.25, 0.3) is 0 Å². The molecule has 0 aromatic heterocycles. The third kappa shape index (κ3) is 6.98. The van der Waals surface area contributed by atoms with E-state index in [1.807, 2.05) is 17.2 Å². The normalized spacial score (nSPS) is 18.3. The molecule has 0 N–H and O–H groups in total. The molecule has 0 aliphatic carbocycles. The van der Waals surface area contributed by atoms with Gasteiger partial charge in [0, 0.05) is 38.4 Å². The van der Waals surface area contributed by atoms with Crippen LogP contribution in [0.3, 0.4) is 0 Å². The molecule has 1 amide bonds. The Morgan fingerprint density at radius 2 is 2.28 bits per heavy atom. The summed E-state index contributed by atoms with van der Waals surface area (Å²) in [5.41, 5.74) is 1.06. The Balaban J connectivity index is 1.80. The Hall–Kier alpha value is -1.07. The van der Waals surface area contributed by atoms with E-state index < -0.39 is 0 Å². The van der Waals surface area contributed by atoms with Gasteiger partial charge in [0.15, 0.2) is 0 Å². The van der Waals surface area contributed by atoms with E-state index in [0.29, 0.717) is 12.3 Å². The van der Waals surface area contributed by atoms with Gasteiger partial charge in [-0.2, -0.15) is 11.8 Å². The summed E-state index contributed by atoms with van der Waals surface area (Å²) in [4.78, 5) is 16.8. The lowest BCUT2D eigenvalue weighted by molar-refractivity contribution is -0.131. The standard InChI is InChI=1S/C20H31FN2OS/c1-3-23(20(24)10-13-25-2)16-18-7-5-11-22(15-18)12-9-17-6-4-8-19(21)14-17/h4,6,8,14,18H,3,5,7,9-13,15-16H2,1-2H3. The molecular weight excluding hydrogens is 335 g/mol. The van der Waals surface area contributed by atoms with Crippen LogP contribution in [0.5, 0.6) is 0 Å². The number of benzene rings is 1. The lowest BCUT2D eigenvalue weighted by atomic mass is 9.96. The van der Waals surface area contributed by atoms with Gasteiger partial charge in [-0.1, -0.05) is 12.1 Å². The highest BCUT2D eigenvalue weighted by molar-refractivity contribution is 7.98. The number of likely N-dealkylation sites (tertiary alicyclic amines) is 1. The van der Waals surface area contributed by atoms with Crippen LogP contribution >= 0.6 is 11.8 Å². The summed E-state index contributed by atoms with van der Waals surface area (Å²) in [6, 6.07) is 6.90. The van der Waals surface area contributed by atoms with Crippen molar-refractivity contribution in [1.29, 1.82) is 0 Å². The van der Waals surface area contributed by atoms with E-state index >= 15 is 0 Å². The summed E-state index contributed by atoms with van der Waals surface area (Å²) in [6.45, 7) is 6.86. The van der Waals surface area contributed by atoms with E-state index in [1.165, 1.54) is 18.9 Å². The maximum atomic E-state index is 13.3. The molecule has 1 aliphatic rings. The first kappa shape index (κ1) is 20.2. The SMILES string of the molecule is CCN(CC1CCCN(CCc2cccc(F)c2)C1)C(=O)CCSC. The highest BCUT2D eigenvalue weighted by atomic mass is 32.2. The van der Waals surface area contributed by atoms with E-state index in [-0.39, 0.29) is 11.7 Å². The average Bonchev–Trinajstić information content (AvgIpc) is 2.63. The first-order chi connectivity index (χ1) is 12.1. The number of hydrogen-bond donors (Lipinski definition) is 0. The highest BCUT2D eigenvalue weighted by Crippen LogP contribution is 2.19. The topological polar surface area (TPSA) is 23.6 Å². The number of halogens is 1. The molecule has 1 aliphatic heterocycles. The minimum absolute atomic E-state index is 0.156. The van der Waals surface area contributed by atoms with Gasteiger partial charge in [0.2, 0.25) is 5.91 Å². The number of carbonyl (C=O) groups excluding carboxylic acids is 1. The predicted octanol–water partition coefficient (Wildman–Crippen LogP) is 3.68. The van der Waals surface area contributed by atoms with Crippen LogP contribution in [-0.2, 0) is 11.2 Å². The van der Waals surface area contributed by atoms with Crippen LogP contribution in [0.4, 0.5) is 4.39 Å². The van der Waals surface area contributed by atoms with Crippen molar-refractivity contribution in [3.63, 3.8) is 0 Å². The number of hydrogen-bond acceptors (Lipinski definition) is 3. The zero-order chi connectivity index (χ0) is 18.1. The van der Waals surface area contributed by atoms with Gasteiger partial charge in [-0.3, -0.25) is 4.79 Å². The van der Waals surface area contributed by atoms with Gasteiger partial charge >= 0.3 is 0 Å². The fraction of sp³-hybridized carbons (Fsp3) is 0.650. The predicted molar refractivity (Wildman–Crippen MR) is 105 cm³/mol. The van der Waals surface area contributed by atoms with Crippen LogP contribution in [0.1, 0.15) is 31.7 Å². The molecule has 0 radical (unpaired) electrons. The minimum Gasteiger partial charge on any atom is -0.343 e. The maximum absolute atomic E-state index is 13.3. The molecule has 2 rings (SSSR count). The largest absolute Gasteiger partial charge is 0.343 e.